The maximum Gasteiger partial charge on any atom is 0.408 e. The largest absolute Gasteiger partial charge is 0.480 e. The van der Waals surface area contributed by atoms with Gasteiger partial charge < -0.3 is 15.2 Å². The smallest absolute Gasteiger partial charge is 0.408 e. The third-order valence-corrected chi connectivity index (χ3v) is 3.16. The van der Waals surface area contributed by atoms with E-state index < -0.39 is 29.1 Å². The summed E-state index contributed by atoms with van der Waals surface area (Å²) in [4.78, 5) is 23.4. The fourth-order valence-corrected chi connectivity index (χ4v) is 1.96. The molecule has 0 saturated heterocycles. The van der Waals surface area contributed by atoms with Crippen molar-refractivity contribution in [1.82, 2.24) is 5.32 Å². The molecule has 5 heteroatoms. The van der Waals surface area contributed by atoms with Gasteiger partial charge in [0, 0.05) is 5.41 Å². The number of carboxylic acid groups (broad SMARTS) is 1. The van der Waals surface area contributed by atoms with Gasteiger partial charge >= 0.3 is 12.1 Å². The Balaban J connectivity index is 2.88. The van der Waals surface area contributed by atoms with E-state index in [1.165, 1.54) is 0 Å². The van der Waals surface area contributed by atoms with Crippen LogP contribution in [-0.4, -0.2) is 28.8 Å². The molecule has 1 aromatic rings. The Bertz CT molecular complexity index is 570. The summed E-state index contributed by atoms with van der Waals surface area (Å²) in [6.07, 6.45) is 2.87. The third-order valence-electron chi connectivity index (χ3n) is 3.16. The number of rotatable bonds is 5. The summed E-state index contributed by atoms with van der Waals surface area (Å²) in [7, 11) is 0. The van der Waals surface area contributed by atoms with Crippen molar-refractivity contribution in [2.45, 2.75) is 46.3 Å². The van der Waals surface area contributed by atoms with Crippen molar-refractivity contribution in [1.29, 1.82) is 0 Å². The molecule has 1 rings (SSSR count). The SMILES string of the molecule is CC(C)(C)OC(=O)NC(C(=O)O)C(C)(C)C=Cc1ccccc1. The van der Waals surface area contributed by atoms with Crippen molar-refractivity contribution in [3.05, 3.63) is 42.0 Å². The minimum Gasteiger partial charge on any atom is -0.480 e. The van der Waals surface area contributed by atoms with Crippen molar-refractivity contribution in [3.63, 3.8) is 0 Å². The number of hydrogen-bond acceptors (Lipinski definition) is 3. The first-order valence-electron chi connectivity index (χ1n) is 7.48. The van der Waals surface area contributed by atoms with Crippen LogP contribution in [0.5, 0.6) is 0 Å². The van der Waals surface area contributed by atoms with Gasteiger partial charge in [0.25, 0.3) is 0 Å². The van der Waals surface area contributed by atoms with E-state index in [2.05, 4.69) is 5.32 Å². The molecule has 0 saturated carbocycles. The molecule has 0 radical (unpaired) electrons. The second kappa shape index (κ2) is 7.31. The average Bonchev–Trinajstić information content (AvgIpc) is 2.41. The summed E-state index contributed by atoms with van der Waals surface area (Å²) >= 11 is 0. The second-order valence-electron chi connectivity index (χ2n) is 6.98. The summed E-state index contributed by atoms with van der Waals surface area (Å²) in [6, 6.07) is 8.46. The first-order valence-corrected chi connectivity index (χ1v) is 7.48. The molecule has 2 N–H and O–H groups in total. The van der Waals surface area contributed by atoms with Crippen LogP contribution in [-0.2, 0) is 9.53 Å². The molecular weight excluding hydrogens is 294 g/mol. The molecule has 126 valence electrons. The first kappa shape index (κ1) is 18.7. The van der Waals surface area contributed by atoms with Crippen LogP contribution in [0.3, 0.4) is 0 Å². The number of alkyl carbamates (subject to hydrolysis) is 1. The molecular formula is C18H25NO4. The van der Waals surface area contributed by atoms with E-state index in [-0.39, 0.29) is 0 Å². The summed E-state index contributed by atoms with van der Waals surface area (Å²) in [5, 5.41) is 11.9. The molecule has 1 aromatic carbocycles. The second-order valence-corrected chi connectivity index (χ2v) is 6.98. The molecule has 0 aliphatic rings. The van der Waals surface area contributed by atoms with Gasteiger partial charge in [-0.2, -0.15) is 0 Å². The Morgan fingerprint density at radius 2 is 1.70 bits per heavy atom. The molecule has 23 heavy (non-hydrogen) atoms. The molecule has 0 spiro atoms. The zero-order valence-corrected chi connectivity index (χ0v) is 14.3. The van der Waals surface area contributed by atoms with Crippen LogP contribution in [0, 0.1) is 5.41 Å². The van der Waals surface area contributed by atoms with Gasteiger partial charge in [-0.1, -0.05) is 56.3 Å². The van der Waals surface area contributed by atoms with E-state index in [0.29, 0.717) is 0 Å². The zero-order valence-electron chi connectivity index (χ0n) is 14.3. The fourth-order valence-electron chi connectivity index (χ4n) is 1.96. The minimum atomic E-state index is -1.11. The molecule has 0 aliphatic carbocycles. The van der Waals surface area contributed by atoms with Gasteiger partial charge in [0.2, 0.25) is 0 Å². The lowest BCUT2D eigenvalue weighted by Gasteiger charge is -2.30. The quantitative estimate of drug-likeness (QED) is 0.867. The van der Waals surface area contributed by atoms with Crippen molar-refractivity contribution in [3.8, 4) is 0 Å². The van der Waals surface area contributed by atoms with Crippen molar-refractivity contribution in [2.75, 3.05) is 0 Å². The summed E-state index contributed by atoms with van der Waals surface area (Å²) < 4.78 is 5.14. The number of nitrogens with one attached hydrogen (secondary N) is 1. The van der Waals surface area contributed by atoms with Crippen LogP contribution in [0.1, 0.15) is 40.2 Å². The van der Waals surface area contributed by atoms with Crippen LogP contribution in [0.15, 0.2) is 36.4 Å². The maximum absolute atomic E-state index is 11.9. The number of ether oxygens (including phenoxy) is 1. The lowest BCUT2D eigenvalue weighted by atomic mass is 9.83. The van der Waals surface area contributed by atoms with Crippen molar-refractivity contribution < 1.29 is 19.4 Å². The Morgan fingerprint density at radius 1 is 1.13 bits per heavy atom. The summed E-state index contributed by atoms with van der Waals surface area (Å²) in [6.45, 7) is 8.68. The zero-order chi connectivity index (χ0) is 17.7. The fraction of sp³-hybridized carbons (Fsp3) is 0.444. The van der Waals surface area contributed by atoms with Crippen LogP contribution in [0.2, 0.25) is 0 Å². The normalized spacial score (nSPS) is 13.6. The summed E-state index contributed by atoms with van der Waals surface area (Å²) in [5.74, 6) is -1.11. The van der Waals surface area contributed by atoms with Crippen LogP contribution in [0.4, 0.5) is 4.79 Å². The van der Waals surface area contributed by atoms with Gasteiger partial charge in [0.05, 0.1) is 0 Å². The van der Waals surface area contributed by atoms with Crippen molar-refractivity contribution in [2.24, 2.45) is 5.41 Å². The highest BCUT2D eigenvalue weighted by atomic mass is 16.6. The monoisotopic (exact) mass is 319 g/mol. The Morgan fingerprint density at radius 3 is 2.17 bits per heavy atom. The van der Waals surface area contributed by atoms with E-state index in [0.717, 1.165) is 5.56 Å². The van der Waals surface area contributed by atoms with Gasteiger partial charge in [-0.15, -0.1) is 0 Å². The average molecular weight is 319 g/mol. The lowest BCUT2D eigenvalue weighted by molar-refractivity contribution is -0.141. The number of aliphatic carboxylic acids is 1. The molecule has 0 heterocycles. The highest BCUT2D eigenvalue weighted by molar-refractivity contribution is 5.81. The predicted octanol–water partition coefficient (Wildman–Crippen LogP) is 3.70. The van der Waals surface area contributed by atoms with E-state index >= 15 is 0 Å². The van der Waals surface area contributed by atoms with Crippen molar-refractivity contribution >= 4 is 18.1 Å². The number of benzene rings is 1. The Labute approximate surface area is 137 Å². The minimum absolute atomic E-state index is 0.683. The van der Waals surface area contributed by atoms with E-state index in [4.69, 9.17) is 4.74 Å². The van der Waals surface area contributed by atoms with Gasteiger partial charge in [-0.3, -0.25) is 0 Å². The Hall–Kier alpha value is -2.30. The van der Waals surface area contributed by atoms with E-state index in [1.54, 1.807) is 40.7 Å². The van der Waals surface area contributed by atoms with E-state index in [9.17, 15) is 14.7 Å². The predicted molar refractivity (Wildman–Crippen MR) is 90.1 cm³/mol. The summed E-state index contributed by atoms with van der Waals surface area (Å²) in [5.41, 5.74) is -0.516. The van der Waals surface area contributed by atoms with Crippen LogP contribution in [0.25, 0.3) is 6.08 Å². The first-order chi connectivity index (χ1) is 10.5. The Kier molecular flexibility index (Phi) is 5.96. The number of amides is 1. The number of carbonyl (C=O) groups excluding carboxylic acids is 1. The van der Waals surface area contributed by atoms with Gasteiger partial charge in [0.15, 0.2) is 0 Å². The third kappa shape index (κ3) is 6.55. The number of carboxylic acids is 1. The standard InChI is InChI=1S/C18H25NO4/c1-17(2,3)23-16(22)19-14(15(20)21)18(4,5)12-11-13-9-7-6-8-10-13/h6-12,14H,1-5H3,(H,19,22)(H,20,21). The highest BCUT2D eigenvalue weighted by Gasteiger charge is 2.35. The maximum atomic E-state index is 11.9. The molecule has 5 nitrogen and oxygen atoms in total. The molecule has 1 atom stereocenters. The highest BCUT2D eigenvalue weighted by Crippen LogP contribution is 2.25. The van der Waals surface area contributed by atoms with E-state index in [1.807, 2.05) is 36.4 Å². The molecule has 0 aliphatic heterocycles. The van der Waals surface area contributed by atoms with Gasteiger partial charge in [-0.25, -0.2) is 9.59 Å². The number of carbonyl (C=O) groups is 2. The number of hydrogen-bond donors (Lipinski definition) is 2. The molecule has 1 unspecified atom stereocenters. The molecule has 0 aromatic heterocycles. The topological polar surface area (TPSA) is 75.6 Å². The molecule has 0 bridgehead atoms. The van der Waals surface area contributed by atoms with Crippen LogP contribution >= 0.6 is 0 Å². The molecule has 0 fully saturated rings. The molecule has 1 amide bonds. The lowest BCUT2D eigenvalue weighted by Crippen LogP contribution is -2.50. The van der Waals surface area contributed by atoms with Gasteiger partial charge in [-0.05, 0) is 26.3 Å². The van der Waals surface area contributed by atoms with Gasteiger partial charge in [0.1, 0.15) is 11.6 Å². The van der Waals surface area contributed by atoms with Crippen LogP contribution < -0.4 is 5.32 Å².